The van der Waals surface area contributed by atoms with E-state index >= 15 is 0 Å². The fourth-order valence-corrected chi connectivity index (χ4v) is 1.62. The molecule has 0 aliphatic heterocycles. The molecule has 92 valence electrons. The molecule has 2 N–H and O–H groups in total. The monoisotopic (exact) mass is 264 g/mol. The minimum absolute atomic E-state index is 0. The van der Waals surface area contributed by atoms with Crippen LogP contribution in [0.4, 0.5) is 5.69 Å². The van der Waals surface area contributed by atoms with E-state index in [0.717, 1.165) is 24.5 Å². The average Bonchev–Trinajstić information content (AvgIpc) is 2.29. The van der Waals surface area contributed by atoms with Gasteiger partial charge in [0.1, 0.15) is 5.75 Å². The minimum atomic E-state index is 0. The first-order valence-electron chi connectivity index (χ1n) is 4.97. The molecule has 3 nitrogen and oxygen atoms in total. The van der Waals surface area contributed by atoms with Gasteiger partial charge in [0, 0.05) is 31.2 Å². The maximum absolute atomic E-state index is 5.73. The number of benzene rings is 1. The highest BCUT2D eigenvalue weighted by Crippen LogP contribution is 2.18. The number of hydrogen-bond acceptors (Lipinski definition) is 3. The number of rotatable bonds is 6. The van der Waals surface area contributed by atoms with Gasteiger partial charge in [0.25, 0.3) is 0 Å². The maximum atomic E-state index is 5.73. The zero-order chi connectivity index (χ0) is 11.1. The number of nitrogens with two attached hydrogens (primary N) is 1. The molecule has 0 radical (unpaired) electrons. The first kappa shape index (κ1) is 15.4. The summed E-state index contributed by atoms with van der Waals surface area (Å²) in [5, 5.41) is 0. The number of hydrogen-bond donors (Lipinski definition) is 1. The van der Waals surface area contributed by atoms with Crippen molar-refractivity contribution in [2.75, 3.05) is 37.5 Å². The van der Waals surface area contributed by atoms with Crippen LogP contribution in [0, 0.1) is 0 Å². The van der Waals surface area contributed by atoms with Gasteiger partial charge in [-0.1, -0.05) is 0 Å². The van der Waals surface area contributed by atoms with Crippen molar-refractivity contribution in [1.29, 1.82) is 0 Å². The molecular weight excluding hydrogens is 247 g/mol. The molecule has 0 saturated heterocycles. The van der Waals surface area contributed by atoms with E-state index in [0.29, 0.717) is 12.4 Å². The van der Waals surface area contributed by atoms with E-state index in [9.17, 15) is 0 Å². The number of anilines is 1. The Morgan fingerprint density at radius 3 is 2.31 bits per heavy atom. The fraction of sp³-hybridized carbons (Fsp3) is 0.455. The van der Waals surface area contributed by atoms with Crippen LogP contribution >= 0.6 is 24.0 Å². The van der Waals surface area contributed by atoms with Crippen molar-refractivity contribution in [1.82, 2.24) is 0 Å². The van der Waals surface area contributed by atoms with Crippen LogP contribution in [0.3, 0.4) is 0 Å². The number of nitrogens with zero attached hydrogens (tertiary/aromatic N) is 1. The van der Waals surface area contributed by atoms with Crippen molar-refractivity contribution in [3.8, 4) is 5.75 Å². The molecule has 0 amide bonds. The lowest BCUT2D eigenvalue weighted by atomic mass is 10.2. The highest BCUT2D eigenvalue weighted by molar-refractivity contribution is 6.18. The van der Waals surface area contributed by atoms with Gasteiger partial charge in [-0.2, -0.15) is 0 Å². The molecule has 0 bridgehead atoms. The van der Waals surface area contributed by atoms with Crippen molar-refractivity contribution >= 4 is 29.7 Å². The summed E-state index contributed by atoms with van der Waals surface area (Å²) in [6, 6.07) is 7.91. The Hall–Kier alpha value is -0.640. The van der Waals surface area contributed by atoms with Crippen LogP contribution in [0.15, 0.2) is 24.3 Å². The zero-order valence-corrected chi connectivity index (χ0v) is 10.9. The molecule has 1 aromatic carbocycles. The Balaban J connectivity index is 0.00000225. The van der Waals surface area contributed by atoms with Crippen molar-refractivity contribution < 1.29 is 4.74 Å². The number of ether oxygens (including phenoxy) is 1. The third-order valence-electron chi connectivity index (χ3n) is 2.19. The van der Waals surface area contributed by atoms with E-state index in [-0.39, 0.29) is 12.4 Å². The topological polar surface area (TPSA) is 38.5 Å². The lowest BCUT2D eigenvalue weighted by molar-refractivity contribution is 0.415. The van der Waals surface area contributed by atoms with Gasteiger partial charge >= 0.3 is 0 Å². The molecule has 0 aromatic heterocycles. The predicted molar refractivity (Wildman–Crippen MR) is 72.2 cm³/mol. The van der Waals surface area contributed by atoms with Crippen LogP contribution in [0.25, 0.3) is 0 Å². The maximum Gasteiger partial charge on any atom is 0.119 e. The molecule has 0 fully saturated rings. The number of halogens is 2. The van der Waals surface area contributed by atoms with E-state index in [2.05, 4.69) is 4.90 Å². The van der Waals surface area contributed by atoms with E-state index in [1.807, 2.05) is 24.3 Å². The van der Waals surface area contributed by atoms with E-state index < -0.39 is 0 Å². The second-order valence-corrected chi connectivity index (χ2v) is 3.54. The second-order valence-electron chi connectivity index (χ2n) is 3.16. The highest BCUT2D eigenvalue weighted by Gasteiger charge is 2.04. The van der Waals surface area contributed by atoms with Gasteiger partial charge in [0.2, 0.25) is 0 Å². The first-order chi connectivity index (χ1) is 7.31. The molecule has 0 unspecified atom stereocenters. The van der Waals surface area contributed by atoms with Crippen molar-refractivity contribution in [3.63, 3.8) is 0 Å². The van der Waals surface area contributed by atoms with Gasteiger partial charge < -0.3 is 15.4 Å². The Labute approximate surface area is 108 Å². The average molecular weight is 265 g/mol. The van der Waals surface area contributed by atoms with E-state index in [1.54, 1.807) is 7.11 Å². The SMILES string of the molecule is COc1ccc(N(CCN)CCCl)cc1.Cl. The molecule has 5 heteroatoms. The van der Waals surface area contributed by atoms with Crippen LogP contribution in [0.1, 0.15) is 0 Å². The van der Waals surface area contributed by atoms with Crippen LogP contribution in [0.5, 0.6) is 5.75 Å². The van der Waals surface area contributed by atoms with Crippen molar-refractivity contribution in [3.05, 3.63) is 24.3 Å². The molecule has 1 aromatic rings. The third kappa shape index (κ3) is 4.47. The van der Waals surface area contributed by atoms with Crippen LogP contribution < -0.4 is 15.4 Å². The minimum Gasteiger partial charge on any atom is -0.497 e. The summed E-state index contributed by atoms with van der Waals surface area (Å²) in [5.74, 6) is 1.46. The Morgan fingerprint density at radius 1 is 1.25 bits per heavy atom. The quantitative estimate of drug-likeness (QED) is 0.801. The molecule has 0 spiro atoms. The highest BCUT2D eigenvalue weighted by atomic mass is 35.5. The summed E-state index contributed by atoms with van der Waals surface area (Å²) >= 11 is 5.73. The largest absolute Gasteiger partial charge is 0.497 e. The lowest BCUT2D eigenvalue weighted by Gasteiger charge is -2.23. The van der Waals surface area contributed by atoms with Gasteiger partial charge in [-0.3, -0.25) is 0 Å². The zero-order valence-electron chi connectivity index (χ0n) is 9.36. The van der Waals surface area contributed by atoms with E-state index in [4.69, 9.17) is 22.1 Å². The summed E-state index contributed by atoms with van der Waals surface area (Å²) in [6.07, 6.45) is 0. The summed E-state index contributed by atoms with van der Waals surface area (Å²) in [4.78, 5) is 2.16. The predicted octanol–water partition coefficient (Wildman–Crippen LogP) is 2.12. The molecule has 0 heterocycles. The molecule has 1 rings (SSSR count). The lowest BCUT2D eigenvalue weighted by Crippen LogP contribution is -2.31. The fourth-order valence-electron chi connectivity index (χ4n) is 1.42. The summed E-state index contributed by atoms with van der Waals surface area (Å²) in [6.45, 7) is 2.26. The molecule has 0 atom stereocenters. The molecule has 16 heavy (non-hydrogen) atoms. The Kier molecular flexibility index (Phi) is 8.16. The first-order valence-corrected chi connectivity index (χ1v) is 5.50. The third-order valence-corrected chi connectivity index (χ3v) is 2.36. The summed E-state index contributed by atoms with van der Waals surface area (Å²) < 4.78 is 5.10. The smallest absolute Gasteiger partial charge is 0.119 e. The molecule has 0 aliphatic carbocycles. The molecule has 0 saturated carbocycles. The molecule has 0 aliphatic rings. The summed E-state index contributed by atoms with van der Waals surface area (Å²) in [7, 11) is 1.66. The van der Waals surface area contributed by atoms with Crippen LogP contribution in [-0.2, 0) is 0 Å². The van der Waals surface area contributed by atoms with E-state index in [1.165, 1.54) is 0 Å². The second kappa shape index (κ2) is 8.50. The Morgan fingerprint density at radius 2 is 1.88 bits per heavy atom. The standard InChI is InChI=1S/C11H17ClN2O.ClH/c1-15-11-4-2-10(3-5-11)14(8-6-12)9-7-13;/h2-5H,6-9,13H2,1H3;1H. The van der Waals surface area contributed by atoms with Crippen molar-refractivity contribution in [2.24, 2.45) is 5.73 Å². The van der Waals surface area contributed by atoms with Crippen LogP contribution in [-0.4, -0.2) is 32.6 Å². The van der Waals surface area contributed by atoms with Gasteiger partial charge in [-0.15, -0.1) is 24.0 Å². The normalized spacial score (nSPS) is 9.44. The van der Waals surface area contributed by atoms with Crippen molar-refractivity contribution in [2.45, 2.75) is 0 Å². The van der Waals surface area contributed by atoms with Gasteiger partial charge in [-0.25, -0.2) is 0 Å². The van der Waals surface area contributed by atoms with Gasteiger partial charge in [0.15, 0.2) is 0 Å². The Bertz CT molecular complexity index is 274. The molecular formula is C11H18Cl2N2O. The van der Waals surface area contributed by atoms with Gasteiger partial charge in [0.05, 0.1) is 7.11 Å². The van der Waals surface area contributed by atoms with Crippen LogP contribution in [0.2, 0.25) is 0 Å². The number of methoxy groups -OCH3 is 1. The van der Waals surface area contributed by atoms with Gasteiger partial charge in [-0.05, 0) is 24.3 Å². The summed E-state index contributed by atoms with van der Waals surface area (Å²) in [5.41, 5.74) is 6.67. The number of alkyl halides is 1.